The van der Waals surface area contributed by atoms with Crippen molar-refractivity contribution in [1.82, 2.24) is 24.9 Å². The van der Waals surface area contributed by atoms with Gasteiger partial charge in [-0.1, -0.05) is 26.0 Å². The summed E-state index contributed by atoms with van der Waals surface area (Å²) in [5, 5.41) is 20.2. The van der Waals surface area contributed by atoms with Crippen LogP contribution in [0.15, 0.2) is 29.2 Å². The smallest absolute Gasteiger partial charge is 0.322 e. The molecule has 0 aliphatic heterocycles. The largest absolute Gasteiger partial charge is 0.480 e. The van der Waals surface area contributed by atoms with E-state index in [-0.39, 0.29) is 4.90 Å². The van der Waals surface area contributed by atoms with Crippen LogP contribution in [-0.2, 0) is 21.9 Å². The molecule has 1 atom stereocenters. The fourth-order valence-corrected chi connectivity index (χ4v) is 3.37. The van der Waals surface area contributed by atoms with Crippen LogP contribution in [0, 0.1) is 5.92 Å². The summed E-state index contributed by atoms with van der Waals surface area (Å²) >= 11 is 0. The molecule has 2 N–H and O–H groups in total. The Hall–Kier alpha value is -2.33. The second kappa shape index (κ2) is 6.42. The number of sulfonamides is 1. The lowest BCUT2D eigenvalue weighted by atomic mass is 10.1. The number of hydrogen-bond acceptors (Lipinski definition) is 6. The number of carboxylic acids is 1. The second-order valence-corrected chi connectivity index (χ2v) is 7.05. The van der Waals surface area contributed by atoms with Crippen molar-refractivity contribution >= 4 is 16.0 Å². The number of carbonyl (C=O) groups is 1. The van der Waals surface area contributed by atoms with Gasteiger partial charge in [-0.05, 0) is 28.5 Å². The minimum absolute atomic E-state index is 0.0510. The van der Waals surface area contributed by atoms with Crippen LogP contribution in [0.2, 0.25) is 0 Å². The van der Waals surface area contributed by atoms with E-state index in [4.69, 9.17) is 5.11 Å². The highest BCUT2D eigenvalue weighted by molar-refractivity contribution is 7.89. The van der Waals surface area contributed by atoms with Crippen LogP contribution in [0.25, 0.3) is 11.4 Å². The highest BCUT2D eigenvalue weighted by atomic mass is 32.2. The molecule has 124 valence electrons. The molecule has 0 fully saturated rings. The van der Waals surface area contributed by atoms with E-state index in [1.807, 2.05) is 0 Å². The van der Waals surface area contributed by atoms with Gasteiger partial charge in [0, 0.05) is 12.6 Å². The van der Waals surface area contributed by atoms with Crippen LogP contribution in [0.1, 0.15) is 13.8 Å². The summed E-state index contributed by atoms with van der Waals surface area (Å²) in [7, 11) is -2.35. The molecule has 0 aliphatic carbocycles. The van der Waals surface area contributed by atoms with E-state index in [0.717, 1.165) is 0 Å². The molecule has 1 aromatic carbocycles. The molecule has 0 amide bonds. The van der Waals surface area contributed by atoms with Gasteiger partial charge in [0.05, 0.1) is 4.90 Å². The SMILES string of the molecule is CC(C)[C@@H](NS(=O)(=O)c1cccc(-c2nnnn2C)c1)C(=O)O. The van der Waals surface area contributed by atoms with Gasteiger partial charge in [0.15, 0.2) is 5.82 Å². The Morgan fingerprint density at radius 3 is 2.57 bits per heavy atom. The highest BCUT2D eigenvalue weighted by Gasteiger charge is 2.28. The van der Waals surface area contributed by atoms with Crippen molar-refractivity contribution in [3.8, 4) is 11.4 Å². The molecule has 1 heterocycles. The Labute approximate surface area is 133 Å². The standard InChI is InChI=1S/C13H17N5O4S/c1-8(2)11(13(19)20)15-23(21,22)10-6-4-5-9(7-10)12-14-16-17-18(12)3/h4-8,11,15H,1-3H3,(H,19,20)/t11-/m1/s1. The Morgan fingerprint density at radius 2 is 2.04 bits per heavy atom. The molecule has 9 nitrogen and oxygen atoms in total. The first-order valence-corrected chi connectivity index (χ1v) is 8.28. The van der Waals surface area contributed by atoms with Crippen LogP contribution < -0.4 is 4.72 Å². The van der Waals surface area contributed by atoms with Crippen molar-refractivity contribution in [2.24, 2.45) is 13.0 Å². The zero-order valence-corrected chi connectivity index (χ0v) is 13.6. The topological polar surface area (TPSA) is 127 Å². The zero-order valence-electron chi connectivity index (χ0n) is 12.8. The third-order valence-electron chi connectivity index (χ3n) is 3.24. The molecule has 0 bridgehead atoms. The molecule has 1 aromatic heterocycles. The number of nitrogens with zero attached hydrogens (tertiary/aromatic N) is 4. The molecular weight excluding hydrogens is 322 g/mol. The Balaban J connectivity index is 2.38. The van der Waals surface area contributed by atoms with Gasteiger partial charge < -0.3 is 5.11 Å². The zero-order chi connectivity index (χ0) is 17.2. The van der Waals surface area contributed by atoms with E-state index in [0.29, 0.717) is 11.4 Å². The lowest BCUT2D eigenvalue weighted by Gasteiger charge is -2.18. The molecule has 0 unspecified atom stereocenters. The molecule has 2 aromatic rings. The van der Waals surface area contributed by atoms with Crippen LogP contribution >= 0.6 is 0 Å². The van der Waals surface area contributed by atoms with Gasteiger partial charge in [0.2, 0.25) is 10.0 Å². The normalized spacial score (nSPS) is 13.2. The van der Waals surface area contributed by atoms with Crippen LogP contribution in [-0.4, -0.2) is 45.7 Å². The van der Waals surface area contributed by atoms with E-state index in [9.17, 15) is 13.2 Å². The molecule has 0 aliphatic rings. The molecule has 2 rings (SSSR count). The number of tetrazole rings is 1. The van der Waals surface area contributed by atoms with Gasteiger partial charge in [-0.3, -0.25) is 4.79 Å². The maximum atomic E-state index is 12.4. The second-order valence-electron chi connectivity index (χ2n) is 5.34. The Bertz CT molecular complexity index is 815. The van der Waals surface area contributed by atoms with Crippen LogP contribution in [0.3, 0.4) is 0 Å². The van der Waals surface area contributed by atoms with Crippen molar-refractivity contribution in [2.45, 2.75) is 24.8 Å². The summed E-state index contributed by atoms with van der Waals surface area (Å²) in [6, 6.07) is 4.79. The Kier molecular flexibility index (Phi) is 4.76. The maximum absolute atomic E-state index is 12.4. The van der Waals surface area contributed by atoms with E-state index in [1.54, 1.807) is 33.0 Å². The minimum Gasteiger partial charge on any atom is -0.480 e. The highest BCUT2D eigenvalue weighted by Crippen LogP contribution is 2.20. The third kappa shape index (κ3) is 3.71. The summed E-state index contributed by atoms with van der Waals surface area (Å²) in [6.45, 7) is 3.26. The fourth-order valence-electron chi connectivity index (χ4n) is 1.98. The molecule has 0 saturated heterocycles. The van der Waals surface area contributed by atoms with Crippen molar-refractivity contribution < 1.29 is 18.3 Å². The molecule has 0 radical (unpaired) electrons. The lowest BCUT2D eigenvalue weighted by Crippen LogP contribution is -2.44. The monoisotopic (exact) mass is 339 g/mol. The summed E-state index contributed by atoms with van der Waals surface area (Å²) in [5.74, 6) is -1.22. The number of benzene rings is 1. The molecule has 10 heteroatoms. The van der Waals surface area contributed by atoms with E-state index >= 15 is 0 Å². The third-order valence-corrected chi connectivity index (χ3v) is 4.68. The average molecular weight is 339 g/mol. The number of aromatic nitrogens is 4. The van der Waals surface area contributed by atoms with Crippen molar-refractivity contribution in [2.75, 3.05) is 0 Å². The molecule has 23 heavy (non-hydrogen) atoms. The van der Waals surface area contributed by atoms with Gasteiger partial charge in [0.1, 0.15) is 6.04 Å². The maximum Gasteiger partial charge on any atom is 0.322 e. The summed E-state index contributed by atoms with van der Waals surface area (Å²) in [6.07, 6.45) is 0. The van der Waals surface area contributed by atoms with Gasteiger partial charge in [-0.25, -0.2) is 13.1 Å². The number of rotatable bonds is 6. The summed E-state index contributed by atoms with van der Waals surface area (Å²) < 4.78 is 28.5. The number of aliphatic carboxylic acids is 1. The Morgan fingerprint density at radius 1 is 1.35 bits per heavy atom. The summed E-state index contributed by atoms with van der Waals surface area (Å²) in [4.78, 5) is 11.1. The number of carboxylic acid groups (broad SMARTS) is 1. The van der Waals surface area contributed by atoms with Gasteiger partial charge >= 0.3 is 5.97 Å². The number of nitrogens with one attached hydrogen (secondary N) is 1. The van der Waals surface area contributed by atoms with Gasteiger partial charge in [0.25, 0.3) is 0 Å². The first-order valence-electron chi connectivity index (χ1n) is 6.80. The van der Waals surface area contributed by atoms with E-state index < -0.39 is 28.0 Å². The van der Waals surface area contributed by atoms with Crippen molar-refractivity contribution in [3.63, 3.8) is 0 Å². The predicted molar refractivity (Wildman–Crippen MR) is 80.8 cm³/mol. The minimum atomic E-state index is -3.98. The summed E-state index contributed by atoms with van der Waals surface area (Å²) in [5.41, 5.74) is 0.511. The van der Waals surface area contributed by atoms with Crippen molar-refractivity contribution in [1.29, 1.82) is 0 Å². The predicted octanol–water partition coefficient (Wildman–Crippen LogP) is 0.265. The number of hydrogen-bond donors (Lipinski definition) is 2. The average Bonchev–Trinajstić information content (AvgIpc) is 2.90. The van der Waals surface area contributed by atoms with E-state index in [2.05, 4.69) is 20.2 Å². The first-order chi connectivity index (χ1) is 10.7. The molecular formula is C13H17N5O4S. The van der Waals surface area contributed by atoms with Crippen LogP contribution in [0.4, 0.5) is 0 Å². The van der Waals surface area contributed by atoms with E-state index in [1.165, 1.54) is 16.8 Å². The van der Waals surface area contributed by atoms with Gasteiger partial charge in [-0.2, -0.15) is 4.72 Å². The van der Waals surface area contributed by atoms with Crippen molar-refractivity contribution in [3.05, 3.63) is 24.3 Å². The molecule has 0 saturated carbocycles. The lowest BCUT2D eigenvalue weighted by molar-refractivity contribution is -0.140. The quantitative estimate of drug-likeness (QED) is 0.773. The molecule has 0 spiro atoms. The van der Waals surface area contributed by atoms with Gasteiger partial charge in [-0.15, -0.1) is 5.10 Å². The fraction of sp³-hybridized carbons (Fsp3) is 0.385. The van der Waals surface area contributed by atoms with Crippen LogP contribution in [0.5, 0.6) is 0 Å². The first kappa shape index (κ1) is 17.0. The number of aryl methyl sites for hydroxylation is 1.